The third kappa shape index (κ3) is 3.70. The van der Waals surface area contributed by atoms with Gasteiger partial charge in [0, 0.05) is 36.0 Å². The summed E-state index contributed by atoms with van der Waals surface area (Å²) in [6, 6.07) is 5.63. The van der Waals surface area contributed by atoms with Gasteiger partial charge in [0.25, 0.3) is 0 Å². The lowest BCUT2D eigenvalue weighted by molar-refractivity contribution is 0.553. The zero-order chi connectivity index (χ0) is 15.4. The van der Waals surface area contributed by atoms with Crippen LogP contribution in [0, 0.1) is 12.7 Å². The van der Waals surface area contributed by atoms with Crippen molar-refractivity contribution in [3.63, 3.8) is 0 Å². The average molecular weight is 289 g/mol. The Morgan fingerprint density at radius 2 is 2.10 bits per heavy atom. The molecule has 0 spiro atoms. The molecule has 0 amide bonds. The minimum Gasteiger partial charge on any atom is -0.310 e. The summed E-state index contributed by atoms with van der Waals surface area (Å²) < 4.78 is 15.9. The lowest BCUT2D eigenvalue weighted by atomic mass is 10.0. The Morgan fingerprint density at radius 1 is 1.33 bits per heavy atom. The van der Waals surface area contributed by atoms with Gasteiger partial charge in [-0.05, 0) is 31.0 Å². The van der Waals surface area contributed by atoms with E-state index in [1.165, 1.54) is 0 Å². The zero-order valence-corrected chi connectivity index (χ0v) is 13.3. The van der Waals surface area contributed by atoms with E-state index >= 15 is 0 Å². The highest BCUT2D eigenvalue weighted by atomic mass is 19.1. The Labute approximate surface area is 126 Å². The maximum atomic E-state index is 13.9. The molecular formula is C17H24FN3. The fourth-order valence-corrected chi connectivity index (χ4v) is 2.36. The molecule has 1 heterocycles. The number of hydrogen-bond donors (Lipinski definition) is 1. The molecule has 0 saturated carbocycles. The summed E-state index contributed by atoms with van der Waals surface area (Å²) in [7, 11) is 0. The number of nitrogens with zero attached hydrogens (tertiary/aromatic N) is 2. The summed E-state index contributed by atoms with van der Waals surface area (Å²) in [6.45, 7) is 9.76. The molecule has 21 heavy (non-hydrogen) atoms. The fourth-order valence-electron chi connectivity index (χ4n) is 2.36. The molecule has 0 aliphatic heterocycles. The largest absolute Gasteiger partial charge is 0.310 e. The molecule has 0 saturated heterocycles. The van der Waals surface area contributed by atoms with Crippen molar-refractivity contribution in [1.82, 2.24) is 15.1 Å². The Morgan fingerprint density at radius 3 is 2.76 bits per heavy atom. The van der Waals surface area contributed by atoms with Crippen LogP contribution in [0.2, 0.25) is 0 Å². The first kappa shape index (κ1) is 15.7. The Balaban J connectivity index is 2.30. The van der Waals surface area contributed by atoms with E-state index in [1.807, 2.05) is 23.0 Å². The minimum absolute atomic E-state index is 0.162. The summed E-state index contributed by atoms with van der Waals surface area (Å²) in [5, 5.41) is 7.68. The molecule has 1 N–H and O–H groups in total. The van der Waals surface area contributed by atoms with E-state index in [1.54, 1.807) is 6.07 Å². The molecule has 2 aromatic rings. The van der Waals surface area contributed by atoms with Crippen LogP contribution >= 0.6 is 0 Å². The summed E-state index contributed by atoms with van der Waals surface area (Å²) in [4.78, 5) is 0. The second-order valence-electron chi connectivity index (χ2n) is 5.71. The van der Waals surface area contributed by atoms with Gasteiger partial charge in [-0.25, -0.2) is 4.39 Å². The standard InChI is InChI=1S/C17H24FN3/c1-5-8-21-13(4)16(11-20-21)14-6-7-17(18)15(9-14)10-19-12(2)3/h6-7,9,11-12,19H,5,8,10H2,1-4H3. The number of rotatable bonds is 6. The van der Waals surface area contributed by atoms with Crippen molar-refractivity contribution in [2.75, 3.05) is 0 Å². The lowest BCUT2D eigenvalue weighted by Gasteiger charge is -2.11. The molecule has 114 valence electrons. The average Bonchev–Trinajstić information content (AvgIpc) is 2.80. The van der Waals surface area contributed by atoms with Gasteiger partial charge < -0.3 is 5.32 Å². The molecule has 0 atom stereocenters. The van der Waals surface area contributed by atoms with Crippen LogP contribution in [0.15, 0.2) is 24.4 Å². The normalized spacial score (nSPS) is 11.3. The number of aromatic nitrogens is 2. The molecule has 0 fully saturated rings. The second-order valence-corrected chi connectivity index (χ2v) is 5.71. The molecule has 3 nitrogen and oxygen atoms in total. The molecule has 0 aliphatic carbocycles. The van der Waals surface area contributed by atoms with Crippen molar-refractivity contribution in [3.05, 3.63) is 41.5 Å². The maximum Gasteiger partial charge on any atom is 0.127 e. The van der Waals surface area contributed by atoms with Gasteiger partial charge in [-0.15, -0.1) is 0 Å². The molecule has 0 radical (unpaired) electrons. The summed E-state index contributed by atoms with van der Waals surface area (Å²) >= 11 is 0. The van der Waals surface area contributed by atoms with Crippen molar-refractivity contribution < 1.29 is 4.39 Å². The smallest absolute Gasteiger partial charge is 0.127 e. The molecule has 1 aromatic heterocycles. The Hall–Kier alpha value is -1.68. The summed E-state index contributed by atoms with van der Waals surface area (Å²) in [5.74, 6) is -0.162. The molecule has 0 unspecified atom stereocenters. The summed E-state index contributed by atoms with van der Waals surface area (Å²) in [6.07, 6.45) is 2.92. The number of benzene rings is 1. The quantitative estimate of drug-likeness (QED) is 0.874. The van der Waals surface area contributed by atoms with Crippen molar-refractivity contribution in [2.24, 2.45) is 0 Å². The van der Waals surface area contributed by atoms with E-state index in [0.29, 0.717) is 18.2 Å². The molecule has 2 rings (SSSR count). The van der Waals surface area contributed by atoms with Gasteiger partial charge in [0.1, 0.15) is 5.82 Å². The van der Waals surface area contributed by atoms with E-state index in [2.05, 4.69) is 38.1 Å². The highest BCUT2D eigenvalue weighted by Crippen LogP contribution is 2.25. The van der Waals surface area contributed by atoms with Crippen molar-refractivity contribution >= 4 is 0 Å². The van der Waals surface area contributed by atoms with Gasteiger partial charge in [-0.1, -0.05) is 26.8 Å². The van der Waals surface area contributed by atoms with Crippen LogP contribution in [-0.4, -0.2) is 15.8 Å². The first-order valence-corrected chi connectivity index (χ1v) is 7.57. The van der Waals surface area contributed by atoms with Crippen LogP contribution in [0.3, 0.4) is 0 Å². The SMILES string of the molecule is CCCn1ncc(-c2ccc(F)c(CNC(C)C)c2)c1C. The van der Waals surface area contributed by atoms with Crippen LogP contribution in [0.25, 0.3) is 11.1 Å². The Bertz CT molecular complexity index is 602. The van der Waals surface area contributed by atoms with E-state index in [4.69, 9.17) is 0 Å². The first-order valence-electron chi connectivity index (χ1n) is 7.57. The molecule has 0 bridgehead atoms. The van der Waals surface area contributed by atoms with Gasteiger partial charge >= 0.3 is 0 Å². The predicted octanol–water partition coefficient (Wildman–Crippen LogP) is 3.91. The fraction of sp³-hybridized carbons (Fsp3) is 0.471. The maximum absolute atomic E-state index is 13.9. The van der Waals surface area contributed by atoms with Gasteiger partial charge in [0.15, 0.2) is 0 Å². The van der Waals surface area contributed by atoms with E-state index < -0.39 is 0 Å². The monoisotopic (exact) mass is 289 g/mol. The van der Waals surface area contributed by atoms with Crippen molar-refractivity contribution in [1.29, 1.82) is 0 Å². The predicted molar refractivity (Wildman–Crippen MR) is 84.6 cm³/mol. The summed E-state index contributed by atoms with van der Waals surface area (Å²) in [5.41, 5.74) is 3.93. The Kier molecular flexibility index (Phi) is 5.12. The number of aryl methyl sites for hydroxylation is 1. The van der Waals surface area contributed by atoms with E-state index in [-0.39, 0.29) is 5.82 Å². The van der Waals surface area contributed by atoms with Crippen LogP contribution in [-0.2, 0) is 13.1 Å². The third-order valence-electron chi connectivity index (χ3n) is 3.60. The number of hydrogen-bond acceptors (Lipinski definition) is 2. The van der Waals surface area contributed by atoms with Crippen molar-refractivity contribution in [3.8, 4) is 11.1 Å². The molecule has 1 aromatic carbocycles. The second kappa shape index (κ2) is 6.85. The van der Waals surface area contributed by atoms with Crippen LogP contribution < -0.4 is 5.32 Å². The molecule has 0 aliphatic rings. The van der Waals surface area contributed by atoms with Gasteiger partial charge in [-0.2, -0.15) is 5.10 Å². The minimum atomic E-state index is -0.162. The van der Waals surface area contributed by atoms with Crippen LogP contribution in [0.1, 0.15) is 38.4 Å². The van der Waals surface area contributed by atoms with E-state index in [9.17, 15) is 4.39 Å². The number of nitrogens with one attached hydrogen (secondary N) is 1. The zero-order valence-electron chi connectivity index (χ0n) is 13.3. The lowest BCUT2D eigenvalue weighted by Crippen LogP contribution is -2.22. The van der Waals surface area contributed by atoms with E-state index in [0.717, 1.165) is 29.8 Å². The van der Waals surface area contributed by atoms with Crippen LogP contribution in [0.5, 0.6) is 0 Å². The van der Waals surface area contributed by atoms with Gasteiger partial charge in [-0.3, -0.25) is 4.68 Å². The number of halogens is 1. The highest BCUT2D eigenvalue weighted by molar-refractivity contribution is 5.66. The highest BCUT2D eigenvalue weighted by Gasteiger charge is 2.11. The van der Waals surface area contributed by atoms with Crippen LogP contribution in [0.4, 0.5) is 4.39 Å². The molecule has 4 heteroatoms. The molecular weight excluding hydrogens is 265 g/mol. The van der Waals surface area contributed by atoms with Crippen molar-refractivity contribution in [2.45, 2.75) is 53.2 Å². The van der Waals surface area contributed by atoms with Gasteiger partial charge in [0.05, 0.1) is 6.20 Å². The first-order chi connectivity index (χ1) is 10.0. The topological polar surface area (TPSA) is 29.9 Å². The van der Waals surface area contributed by atoms with Gasteiger partial charge in [0.2, 0.25) is 0 Å². The third-order valence-corrected chi connectivity index (χ3v) is 3.60.